The highest BCUT2D eigenvalue weighted by molar-refractivity contribution is 7.92. The van der Waals surface area contributed by atoms with Gasteiger partial charge in [-0.15, -0.1) is 0 Å². The molecule has 0 spiro atoms. The summed E-state index contributed by atoms with van der Waals surface area (Å²) in [5, 5.41) is 4.17. The summed E-state index contributed by atoms with van der Waals surface area (Å²) in [6.07, 6.45) is 0. The summed E-state index contributed by atoms with van der Waals surface area (Å²) in [5.41, 5.74) is 2.09. The fourth-order valence-electron chi connectivity index (χ4n) is 3.20. The molecule has 0 bridgehead atoms. The number of anilines is 1. The van der Waals surface area contributed by atoms with Crippen LogP contribution in [0.3, 0.4) is 0 Å². The van der Waals surface area contributed by atoms with Crippen LogP contribution >= 0.6 is 11.6 Å². The van der Waals surface area contributed by atoms with Crippen LogP contribution in [-0.2, 0) is 16.6 Å². The minimum atomic E-state index is -3.83. The molecule has 0 saturated carbocycles. The molecule has 1 aromatic heterocycles. The SMILES string of the molecule is COc1ccc(S(=O)(=O)Nc2cccc3cc(C(=O)NCc4ccc(Cl)cc4)[nH]c23)cc1. The fourth-order valence-corrected chi connectivity index (χ4v) is 4.40. The van der Waals surface area contributed by atoms with Crippen molar-refractivity contribution in [3.8, 4) is 5.75 Å². The summed E-state index contributed by atoms with van der Waals surface area (Å²) in [6.45, 7) is 0.336. The number of nitrogens with one attached hydrogen (secondary N) is 3. The smallest absolute Gasteiger partial charge is 0.267 e. The van der Waals surface area contributed by atoms with Gasteiger partial charge in [0, 0.05) is 17.0 Å². The molecule has 0 aliphatic carbocycles. The molecule has 7 nitrogen and oxygen atoms in total. The van der Waals surface area contributed by atoms with Crippen LogP contribution in [-0.4, -0.2) is 26.4 Å². The van der Waals surface area contributed by atoms with E-state index in [4.69, 9.17) is 16.3 Å². The van der Waals surface area contributed by atoms with E-state index in [2.05, 4.69) is 15.0 Å². The molecular weight excluding hydrogens is 450 g/mol. The van der Waals surface area contributed by atoms with Crippen molar-refractivity contribution < 1.29 is 17.9 Å². The maximum Gasteiger partial charge on any atom is 0.267 e. The van der Waals surface area contributed by atoms with Gasteiger partial charge < -0.3 is 15.0 Å². The lowest BCUT2D eigenvalue weighted by molar-refractivity contribution is 0.0946. The Morgan fingerprint density at radius 3 is 2.44 bits per heavy atom. The molecule has 4 aromatic rings. The molecule has 0 atom stereocenters. The van der Waals surface area contributed by atoms with E-state index in [0.29, 0.717) is 39.6 Å². The number of rotatable bonds is 7. The van der Waals surface area contributed by atoms with Gasteiger partial charge in [-0.05, 0) is 54.1 Å². The van der Waals surface area contributed by atoms with E-state index in [0.717, 1.165) is 5.56 Å². The van der Waals surface area contributed by atoms with E-state index in [9.17, 15) is 13.2 Å². The van der Waals surface area contributed by atoms with Gasteiger partial charge in [0.1, 0.15) is 11.4 Å². The summed E-state index contributed by atoms with van der Waals surface area (Å²) in [5.74, 6) is 0.254. The molecule has 3 aromatic carbocycles. The number of benzene rings is 3. The molecular formula is C23H20ClN3O4S. The van der Waals surface area contributed by atoms with Crippen LogP contribution in [0.1, 0.15) is 16.1 Å². The Morgan fingerprint density at radius 1 is 1.03 bits per heavy atom. The van der Waals surface area contributed by atoms with Crippen LogP contribution in [0.15, 0.2) is 77.7 Å². The van der Waals surface area contributed by atoms with Gasteiger partial charge in [-0.2, -0.15) is 0 Å². The van der Waals surface area contributed by atoms with E-state index >= 15 is 0 Å². The summed E-state index contributed by atoms with van der Waals surface area (Å²) in [4.78, 5) is 15.7. The number of hydrogen-bond acceptors (Lipinski definition) is 4. The monoisotopic (exact) mass is 469 g/mol. The summed E-state index contributed by atoms with van der Waals surface area (Å²) in [6, 6.07) is 20.1. The lowest BCUT2D eigenvalue weighted by Crippen LogP contribution is -2.23. The van der Waals surface area contributed by atoms with E-state index < -0.39 is 10.0 Å². The third kappa shape index (κ3) is 4.71. The normalized spacial score (nSPS) is 11.3. The van der Waals surface area contributed by atoms with E-state index in [1.165, 1.54) is 19.2 Å². The number of hydrogen-bond donors (Lipinski definition) is 3. The lowest BCUT2D eigenvalue weighted by Gasteiger charge is -2.10. The van der Waals surface area contributed by atoms with Crippen LogP contribution in [0.5, 0.6) is 5.75 Å². The standard InChI is InChI=1S/C23H20ClN3O4S/c1-31-18-9-11-19(12-10-18)32(29,30)27-20-4-2-3-16-13-21(26-22(16)20)23(28)25-14-15-5-7-17(24)8-6-15/h2-13,26-27H,14H2,1H3,(H,25,28). The Morgan fingerprint density at radius 2 is 1.75 bits per heavy atom. The van der Waals surface area contributed by atoms with Gasteiger partial charge in [0.2, 0.25) is 0 Å². The zero-order chi connectivity index (χ0) is 22.7. The zero-order valence-electron chi connectivity index (χ0n) is 17.1. The number of aromatic nitrogens is 1. The lowest BCUT2D eigenvalue weighted by atomic mass is 10.2. The van der Waals surface area contributed by atoms with Crippen molar-refractivity contribution in [2.45, 2.75) is 11.4 Å². The molecule has 3 N–H and O–H groups in total. The molecule has 1 amide bonds. The minimum absolute atomic E-state index is 0.0998. The Kier molecular flexibility index (Phi) is 6.07. The second kappa shape index (κ2) is 8.94. The quantitative estimate of drug-likeness (QED) is 0.369. The summed E-state index contributed by atoms with van der Waals surface area (Å²) >= 11 is 5.88. The van der Waals surface area contributed by atoms with Gasteiger partial charge in [-0.3, -0.25) is 9.52 Å². The first-order valence-electron chi connectivity index (χ1n) is 9.67. The highest BCUT2D eigenvalue weighted by Crippen LogP contribution is 2.27. The van der Waals surface area contributed by atoms with E-state index in [1.54, 1.807) is 48.5 Å². The van der Waals surface area contributed by atoms with Gasteiger partial charge in [0.05, 0.1) is 23.2 Å². The Bertz CT molecular complexity index is 1360. The Labute approximate surface area is 190 Å². The van der Waals surface area contributed by atoms with E-state index in [-0.39, 0.29) is 10.8 Å². The van der Waals surface area contributed by atoms with Crippen LogP contribution in [0.25, 0.3) is 10.9 Å². The van der Waals surface area contributed by atoms with Crippen molar-refractivity contribution in [3.05, 3.63) is 89.1 Å². The van der Waals surface area contributed by atoms with Gasteiger partial charge in [-0.1, -0.05) is 35.9 Å². The molecule has 4 rings (SSSR count). The maximum absolute atomic E-state index is 12.8. The van der Waals surface area contributed by atoms with Crippen molar-refractivity contribution >= 4 is 44.1 Å². The first-order valence-corrected chi connectivity index (χ1v) is 11.5. The van der Waals surface area contributed by atoms with Crippen molar-refractivity contribution in [3.63, 3.8) is 0 Å². The number of para-hydroxylation sites is 1. The van der Waals surface area contributed by atoms with Crippen molar-refractivity contribution in [2.75, 3.05) is 11.8 Å². The second-order valence-corrected chi connectivity index (χ2v) is 9.16. The number of carbonyl (C=O) groups excluding carboxylic acids is 1. The van der Waals surface area contributed by atoms with Crippen LogP contribution in [0, 0.1) is 0 Å². The Balaban J connectivity index is 1.54. The van der Waals surface area contributed by atoms with Crippen molar-refractivity contribution in [1.82, 2.24) is 10.3 Å². The van der Waals surface area contributed by atoms with Crippen molar-refractivity contribution in [2.24, 2.45) is 0 Å². The predicted octanol–water partition coefficient (Wildman–Crippen LogP) is 4.56. The highest BCUT2D eigenvalue weighted by Gasteiger charge is 2.18. The molecule has 0 radical (unpaired) electrons. The molecule has 9 heteroatoms. The summed E-state index contributed by atoms with van der Waals surface area (Å²) < 4.78 is 33.3. The predicted molar refractivity (Wildman–Crippen MR) is 125 cm³/mol. The first-order chi connectivity index (χ1) is 15.4. The van der Waals surface area contributed by atoms with Gasteiger partial charge >= 0.3 is 0 Å². The molecule has 32 heavy (non-hydrogen) atoms. The zero-order valence-corrected chi connectivity index (χ0v) is 18.6. The third-order valence-corrected chi connectivity index (χ3v) is 6.51. The molecule has 0 unspecified atom stereocenters. The largest absolute Gasteiger partial charge is 0.497 e. The van der Waals surface area contributed by atoms with Gasteiger partial charge in [-0.25, -0.2) is 8.42 Å². The van der Waals surface area contributed by atoms with Crippen LogP contribution in [0.4, 0.5) is 5.69 Å². The van der Waals surface area contributed by atoms with E-state index in [1.807, 2.05) is 12.1 Å². The number of H-pyrrole nitrogens is 1. The highest BCUT2D eigenvalue weighted by atomic mass is 35.5. The topological polar surface area (TPSA) is 100 Å². The van der Waals surface area contributed by atoms with Crippen LogP contribution < -0.4 is 14.8 Å². The average Bonchev–Trinajstić information content (AvgIpc) is 3.24. The van der Waals surface area contributed by atoms with Crippen molar-refractivity contribution in [1.29, 1.82) is 0 Å². The molecule has 0 aliphatic rings. The number of aromatic amines is 1. The number of carbonyl (C=O) groups is 1. The second-order valence-electron chi connectivity index (χ2n) is 7.04. The number of fused-ring (bicyclic) bond motifs is 1. The number of sulfonamides is 1. The van der Waals surface area contributed by atoms with Gasteiger partial charge in [0.15, 0.2) is 0 Å². The average molecular weight is 470 g/mol. The number of methoxy groups -OCH3 is 1. The molecule has 164 valence electrons. The Hall–Kier alpha value is -3.49. The van der Waals surface area contributed by atoms with Gasteiger partial charge in [0.25, 0.3) is 15.9 Å². The molecule has 0 saturated heterocycles. The minimum Gasteiger partial charge on any atom is -0.497 e. The summed E-state index contributed by atoms with van der Waals surface area (Å²) in [7, 11) is -2.32. The molecule has 0 aliphatic heterocycles. The fraction of sp³-hybridized carbons (Fsp3) is 0.0870. The number of ether oxygens (including phenoxy) is 1. The number of halogens is 1. The third-order valence-electron chi connectivity index (χ3n) is 4.88. The molecule has 1 heterocycles. The van der Waals surface area contributed by atoms with Crippen LogP contribution in [0.2, 0.25) is 5.02 Å². The number of amides is 1. The first kappa shape index (κ1) is 21.7. The molecule has 0 fully saturated rings. The maximum atomic E-state index is 12.8.